The van der Waals surface area contributed by atoms with Crippen molar-refractivity contribution in [1.29, 1.82) is 5.26 Å². The van der Waals surface area contributed by atoms with Crippen LogP contribution >= 0.6 is 11.3 Å². The Balaban J connectivity index is 2.23. The normalized spacial score (nSPS) is 12.1. The van der Waals surface area contributed by atoms with Gasteiger partial charge in [0.25, 0.3) is 5.56 Å². The van der Waals surface area contributed by atoms with Gasteiger partial charge in [-0.1, -0.05) is 29.8 Å². The average Bonchev–Trinajstić information content (AvgIpc) is 2.83. The predicted molar refractivity (Wildman–Crippen MR) is 95.9 cm³/mol. The van der Waals surface area contributed by atoms with Crippen molar-refractivity contribution >= 4 is 32.9 Å². The van der Waals surface area contributed by atoms with Gasteiger partial charge in [0.05, 0.1) is 5.39 Å². The van der Waals surface area contributed by atoms with Gasteiger partial charge in [0.1, 0.15) is 22.2 Å². The summed E-state index contributed by atoms with van der Waals surface area (Å²) >= 11 is 1.40. The lowest BCUT2D eigenvalue weighted by molar-refractivity contribution is 0.514. The molecule has 0 saturated carbocycles. The molecule has 0 fully saturated rings. The number of hydrogen-bond acceptors (Lipinski definition) is 5. The Kier molecular flexibility index (Phi) is 3.96. The Morgan fingerprint density at radius 2 is 1.92 bits per heavy atom. The van der Waals surface area contributed by atoms with Gasteiger partial charge in [-0.2, -0.15) is 5.26 Å². The van der Waals surface area contributed by atoms with Crippen molar-refractivity contribution in [3.8, 4) is 6.07 Å². The number of allylic oxidation sites excluding steroid dienone is 1. The topological polar surface area (TPSA) is 89.8 Å². The quantitative estimate of drug-likeness (QED) is 0.549. The zero-order valence-corrected chi connectivity index (χ0v) is 14.3. The van der Waals surface area contributed by atoms with Crippen LogP contribution in [0.1, 0.15) is 27.4 Å². The molecule has 2 N–H and O–H groups in total. The molecule has 0 atom stereocenters. The van der Waals surface area contributed by atoms with Crippen LogP contribution in [0.15, 0.2) is 29.1 Å². The minimum absolute atomic E-state index is 0.0541. The van der Waals surface area contributed by atoms with Crippen molar-refractivity contribution in [1.82, 2.24) is 9.97 Å². The van der Waals surface area contributed by atoms with Gasteiger partial charge in [0, 0.05) is 10.4 Å². The second-order valence-electron chi connectivity index (χ2n) is 5.58. The Morgan fingerprint density at radius 1 is 1.25 bits per heavy atom. The van der Waals surface area contributed by atoms with E-state index in [0.717, 1.165) is 16.0 Å². The van der Waals surface area contributed by atoms with Gasteiger partial charge in [-0.25, -0.2) is 4.98 Å². The minimum Gasteiger partial charge on any atom is -0.506 e. The summed E-state index contributed by atoms with van der Waals surface area (Å²) in [4.78, 5) is 20.9. The molecular weight excluding hydrogens is 322 g/mol. The number of hydrogen-bond donors (Lipinski definition) is 2. The molecule has 1 aromatic carbocycles. The number of aliphatic hydroxyl groups excluding tert-OH is 1. The first-order chi connectivity index (χ1) is 11.4. The Morgan fingerprint density at radius 3 is 2.54 bits per heavy atom. The number of thiophene rings is 1. The van der Waals surface area contributed by atoms with Crippen LogP contribution in [0.4, 0.5) is 0 Å². The predicted octanol–water partition coefficient (Wildman–Crippen LogP) is 3.86. The van der Waals surface area contributed by atoms with Gasteiger partial charge in [0.2, 0.25) is 0 Å². The number of H-pyrrole nitrogens is 1. The summed E-state index contributed by atoms with van der Waals surface area (Å²) in [5, 5.41) is 20.4. The molecule has 0 aliphatic heterocycles. The molecule has 0 amide bonds. The molecule has 0 spiro atoms. The fraction of sp³-hybridized carbons (Fsp3) is 0.167. The van der Waals surface area contributed by atoms with Crippen LogP contribution in [0.5, 0.6) is 0 Å². The van der Waals surface area contributed by atoms with E-state index in [1.54, 1.807) is 12.1 Å². The molecule has 24 heavy (non-hydrogen) atoms. The van der Waals surface area contributed by atoms with Gasteiger partial charge in [0.15, 0.2) is 5.82 Å². The maximum absolute atomic E-state index is 12.4. The molecule has 120 valence electrons. The number of rotatable bonds is 2. The lowest BCUT2D eigenvalue weighted by Crippen LogP contribution is -2.11. The maximum Gasteiger partial charge on any atom is 0.260 e. The van der Waals surface area contributed by atoms with Gasteiger partial charge < -0.3 is 10.1 Å². The van der Waals surface area contributed by atoms with Crippen molar-refractivity contribution < 1.29 is 5.11 Å². The SMILES string of the molecule is Cc1ccc(C(O)=C(C#N)c2nc3sc(C)c(C)c3c(=O)[nH]2)cc1. The van der Waals surface area contributed by atoms with Gasteiger partial charge in [-0.05, 0) is 26.3 Å². The molecule has 0 aliphatic carbocycles. The van der Waals surface area contributed by atoms with Crippen molar-refractivity contribution in [3.05, 3.63) is 62.0 Å². The highest BCUT2D eigenvalue weighted by atomic mass is 32.1. The Labute approximate surface area is 142 Å². The van der Waals surface area contributed by atoms with Gasteiger partial charge in [-0.3, -0.25) is 4.79 Å². The first-order valence-corrected chi connectivity index (χ1v) is 8.14. The molecular formula is C18H15N3O2S. The van der Waals surface area contributed by atoms with Gasteiger partial charge in [-0.15, -0.1) is 11.3 Å². The van der Waals surface area contributed by atoms with E-state index >= 15 is 0 Å². The highest BCUT2D eigenvalue weighted by Crippen LogP contribution is 2.28. The van der Waals surface area contributed by atoms with Crippen LogP contribution in [0.25, 0.3) is 21.5 Å². The molecule has 2 aromatic heterocycles. The summed E-state index contributed by atoms with van der Waals surface area (Å²) in [6.45, 7) is 5.73. The second-order valence-corrected chi connectivity index (χ2v) is 6.78. The zero-order valence-electron chi connectivity index (χ0n) is 13.5. The van der Waals surface area contributed by atoms with E-state index in [4.69, 9.17) is 0 Å². The average molecular weight is 337 g/mol. The summed E-state index contributed by atoms with van der Waals surface area (Å²) in [7, 11) is 0. The van der Waals surface area contributed by atoms with Crippen LogP contribution in [-0.4, -0.2) is 15.1 Å². The lowest BCUT2D eigenvalue weighted by Gasteiger charge is -2.05. The number of aromatic amines is 1. The monoisotopic (exact) mass is 337 g/mol. The number of nitrogens with one attached hydrogen (secondary N) is 1. The van der Waals surface area contributed by atoms with Crippen molar-refractivity contribution in [2.45, 2.75) is 20.8 Å². The number of aryl methyl sites for hydroxylation is 3. The highest BCUT2D eigenvalue weighted by Gasteiger charge is 2.17. The van der Waals surface area contributed by atoms with E-state index in [2.05, 4.69) is 9.97 Å². The molecule has 0 radical (unpaired) electrons. The Hall–Kier alpha value is -2.91. The first kappa shape index (κ1) is 16.0. The van der Waals surface area contributed by atoms with Crippen LogP contribution in [-0.2, 0) is 0 Å². The van der Waals surface area contributed by atoms with E-state index in [1.807, 2.05) is 39.0 Å². The zero-order chi connectivity index (χ0) is 17.4. The number of aromatic nitrogens is 2. The third-order valence-corrected chi connectivity index (χ3v) is 5.05. The third kappa shape index (κ3) is 2.59. The number of aliphatic hydroxyl groups is 1. The summed E-state index contributed by atoms with van der Waals surface area (Å²) < 4.78 is 0. The fourth-order valence-corrected chi connectivity index (χ4v) is 3.48. The molecule has 2 heterocycles. The largest absolute Gasteiger partial charge is 0.506 e. The fourth-order valence-electron chi connectivity index (χ4n) is 2.45. The smallest absolute Gasteiger partial charge is 0.260 e. The molecule has 6 heteroatoms. The molecule has 0 bridgehead atoms. The maximum atomic E-state index is 12.4. The Bertz CT molecular complexity index is 1070. The van der Waals surface area contributed by atoms with E-state index < -0.39 is 0 Å². The highest BCUT2D eigenvalue weighted by molar-refractivity contribution is 7.18. The molecule has 5 nitrogen and oxygen atoms in total. The number of fused-ring (bicyclic) bond motifs is 1. The molecule has 0 unspecified atom stereocenters. The van der Waals surface area contributed by atoms with Crippen LogP contribution in [0.3, 0.4) is 0 Å². The van der Waals surface area contributed by atoms with Crippen LogP contribution in [0.2, 0.25) is 0 Å². The lowest BCUT2D eigenvalue weighted by atomic mass is 10.1. The van der Waals surface area contributed by atoms with Gasteiger partial charge >= 0.3 is 0 Å². The van der Waals surface area contributed by atoms with E-state index in [9.17, 15) is 15.2 Å². The van der Waals surface area contributed by atoms with Crippen LogP contribution < -0.4 is 5.56 Å². The third-order valence-electron chi connectivity index (χ3n) is 3.95. The van der Waals surface area contributed by atoms with E-state index in [1.165, 1.54) is 11.3 Å². The summed E-state index contributed by atoms with van der Waals surface area (Å²) in [5.41, 5.74) is 2.07. The molecule has 0 saturated heterocycles. The summed E-state index contributed by atoms with van der Waals surface area (Å²) in [5.74, 6) is -0.126. The number of nitriles is 1. The van der Waals surface area contributed by atoms with Crippen LogP contribution in [0, 0.1) is 32.1 Å². The van der Waals surface area contributed by atoms with Crippen molar-refractivity contribution in [3.63, 3.8) is 0 Å². The standard InChI is InChI=1S/C18H15N3O2S/c1-9-4-6-12(7-5-9)15(22)13(8-19)16-20-17(23)14-10(2)11(3)24-18(14)21-16/h4-7,22H,1-3H3,(H,20,21,23). The summed E-state index contributed by atoms with van der Waals surface area (Å²) in [6, 6.07) is 9.07. The number of nitrogens with zero attached hydrogens (tertiary/aromatic N) is 2. The number of benzene rings is 1. The van der Waals surface area contributed by atoms with Crippen molar-refractivity contribution in [2.75, 3.05) is 0 Å². The molecule has 3 rings (SSSR count). The van der Waals surface area contributed by atoms with E-state index in [0.29, 0.717) is 15.8 Å². The first-order valence-electron chi connectivity index (χ1n) is 7.33. The minimum atomic E-state index is -0.304. The summed E-state index contributed by atoms with van der Waals surface area (Å²) in [6.07, 6.45) is 0. The van der Waals surface area contributed by atoms with E-state index in [-0.39, 0.29) is 22.7 Å². The second kappa shape index (κ2) is 5.95. The van der Waals surface area contributed by atoms with Crippen molar-refractivity contribution in [2.24, 2.45) is 0 Å². The molecule has 0 aliphatic rings. The molecule has 3 aromatic rings.